The van der Waals surface area contributed by atoms with Crippen molar-refractivity contribution < 1.29 is 4.52 Å². The zero-order chi connectivity index (χ0) is 10.4. The predicted molar refractivity (Wildman–Crippen MR) is 58.4 cm³/mol. The van der Waals surface area contributed by atoms with E-state index in [0.717, 1.165) is 29.6 Å². The third-order valence-electron chi connectivity index (χ3n) is 1.92. The van der Waals surface area contributed by atoms with Crippen molar-refractivity contribution in [3.8, 4) is 0 Å². The SMILES string of the molecule is CCSCc1noc(CC(C)NC)n1. The van der Waals surface area contributed by atoms with Crippen LogP contribution in [0.25, 0.3) is 0 Å². The summed E-state index contributed by atoms with van der Waals surface area (Å²) in [7, 11) is 1.93. The molecule has 0 amide bonds. The van der Waals surface area contributed by atoms with Crippen LogP contribution in [0.2, 0.25) is 0 Å². The van der Waals surface area contributed by atoms with Crippen molar-refractivity contribution in [2.24, 2.45) is 0 Å². The lowest BCUT2D eigenvalue weighted by Gasteiger charge is -2.04. The lowest BCUT2D eigenvalue weighted by atomic mass is 10.2. The third-order valence-corrected chi connectivity index (χ3v) is 2.79. The van der Waals surface area contributed by atoms with Crippen LogP contribution in [0.15, 0.2) is 4.52 Å². The lowest BCUT2D eigenvalue weighted by Crippen LogP contribution is -2.23. The third kappa shape index (κ3) is 3.67. The van der Waals surface area contributed by atoms with Crippen molar-refractivity contribution in [1.29, 1.82) is 0 Å². The summed E-state index contributed by atoms with van der Waals surface area (Å²) in [6.45, 7) is 4.21. The monoisotopic (exact) mass is 215 g/mol. The second-order valence-corrected chi connectivity index (χ2v) is 4.41. The topological polar surface area (TPSA) is 51.0 Å². The molecule has 1 aromatic rings. The maximum Gasteiger partial charge on any atom is 0.228 e. The van der Waals surface area contributed by atoms with Crippen LogP contribution in [0.3, 0.4) is 0 Å². The molecule has 5 heteroatoms. The molecule has 1 rings (SSSR count). The van der Waals surface area contributed by atoms with Gasteiger partial charge >= 0.3 is 0 Å². The first kappa shape index (κ1) is 11.5. The molecule has 1 heterocycles. The van der Waals surface area contributed by atoms with Gasteiger partial charge in [0.05, 0.1) is 5.75 Å². The Labute approximate surface area is 88.8 Å². The Morgan fingerprint density at radius 2 is 2.36 bits per heavy atom. The number of hydrogen-bond acceptors (Lipinski definition) is 5. The van der Waals surface area contributed by atoms with E-state index in [2.05, 4.69) is 29.3 Å². The van der Waals surface area contributed by atoms with Gasteiger partial charge in [0, 0.05) is 12.5 Å². The van der Waals surface area contributed by atoms with Gasteiger partial charge in [0.1, 0.15) is 0 Å². The van der Waals surface area contributed by atoms with Gasteiger partial charge in [-0.25, -0.2) is 0 Å². The van der Waals surface area contributed by atoms with Crippen molar-refractivity contribution in [2.45, 2.75) is 32.1 Å². The summed E-state index contributed by atoms with van der Waals surface area (Å²) < 4.78 is 5.12. The fourth-order valence-corrected chi connectivity index (χ4v) is 1.49. The molecule has 1 atom stereocenters. The van der Waals surface area contributed by atoms with Gasteiger partial charge in [-0.15, -0.1) is 0 Å². The van der Waals surface area contributed by atoms with Gasteiger partial charge in [-0.3, -0.25) is 0 Å². The molecule has 0 saturated heterocycles. The summed E-state index contributed by atoms with van der Waals surface area (Å²) in [5.41, 5.74) is 0. The summed E-state index contributed by atoms with van der Waals surface area (Å²) in [5, 5.41) is 7.04. The molecule has 0 aromatic carbocycles. The van der Waals surface area contributed by atoms with Gasteiger partial charge in [-0.1, -0.05) is 12.1 Å². The Morgan fingerprint density at radius 1 is 1.57 bits per heavy atom. The Balaban J connectivity index is 2.42. The fourth-order valence-electron chi connectivity index (χ4n) is 0.989. The van der Waals surface area contributed by atoms with E-state index in [1.807, 2.05) is 7.05 Å². The minimum Gasteiger partial charge on any atom is -0.339 e. The molecule has 0 aliphatic heterocycles. The Hall–Kier alpha value is -0.550. The van der Waals surface area contributed by atoms with Crippen LogP contribution >= 0.6 is 11.8 Å². The lowest BCUT2D eigenvalue weighted by molar-refractivity contribution is 0.362. The van der Waals surface area contributed by atoms with E-state index in [-0.39, 0.29) is 0 Å². The predicted octanol–water partition coefficient (Wildman–Crippen LogP) is 1.47. The maximum absolute atomic E-state index is 5.12. The minimum atomic E-state index is 0.377. The summed E-state index contributed by atoms with van der Waals surface area (Å²) >= 11 is 1.80. The molecule has 80 valence electrons. The maximum atomic E-state index is 5.12. The van der Waals surface area contributed by atoms with Gasteiger partial charge in [-0.2, -0.15) is 16.7 Å². The first-order valence-electron chi connectivity index (χ1n) is 4.82. The van der Waals surface area contributed by atoms with E-state index >= 15 is 0 Å². The Kier molecular flexibility index (Phi) is 4.97. The Morgan fingerprint density at radius 3 is 3.00 bits per heavy atom. The largest absolute Gasteiger partial charge is 0.339 e. The van der Waals surface area contributed by atoms with Crippen LogP contribution in [-0.2, 0) is 12.2 Å². The molecule has 0 aliphatic carbocycles. The molecular formula is C9H17N3OS. The van der Waals surface area contributed by atoms with Crippen molar-refractivity contribution >= 4 is 11.8 Å². The summed E-state index contributed by atoms with van der Waals surface area (Å²) in [4.78, 5) is 4.30. The molecule has 0 bridgehead atoms. The molecule has 0 saturated carbocycles. The highest BCUT2D eigenvalue weighted by Crippen LogP contribution is 2.09. The molecule has 0 aliphatic rings. The van der Waals surface area contributed by atoms with Gasteiger partial charge in [0.25, 0.3) is 0 Å². The van der Waals surface area contributed by atoms with Crippen molar-refractivity contribution in [1.82, 2.24) is 15.5 Å². The number of aromatic nitrogens is 2. The van der Waals surface area contributed by atoms with E-state index in [1.54, 1.807) is 11.8 Å². The Bertz CT molecular complexity index is 264. The number of hydrogen-bond donors (Lipinski definition) is 1. The second kappa shape index (κ2) is 6.03. The van der Waals surface area contributed by atoms with Crippen molar-refractivity contribution in [2.75, 3.05) is 12.8 Å². The molecule has 1 unspecified atom stereocenters. The smallest absolute Gasteiger partial charge is 0.228 e. The molecule has 14 heavy (non-hydrogen) atoms. The van der Waals surface area contributed by atoms with Crippen LogP contribution in [0, 0.1) is 0 Å². The van der Waals surface area contributed by atoms with Crippen LogP contribution in [0.1, 0.15) is 25.6 Å². The molecule has 0 spiro atoms. The van der Waals surface area contributed by atoms with E-state index < -0.39 is 0 Å². The highest BCUT2D eigenvalue weighted by atomic mass is 32.2. The van der Waals surface area contributed by atoms with Crippen LogP contribution in [-0.4, -0.2) is 29.0 Å². The van der Waals surface area contributed by atoms with Crippen molar-refractivity contribution in [3.05, 3.63) is 11.7 Å². The minimum absolute atomic E-state index is 0.377. The first-order chi connectivity index (χ1) is 6.76. The first-order valence-corrected chi connectivity index (χ1v) is 5.98. The van der Waals surface area contributed by atoms with Crippen molar-refractivity contribution in [3.63, 3.8) is 0 Å². The summed E-state index contributed by atoms with van der Waals surface area (Å²) in [6.07, 6.45) is 0.792. The van der Waals surface area contributed by atoms with Gasteiger partial charge in [0.15, 0.2) is 5.82 Å². The van der Waals surface area contributed by atoms with E-state index in [1.165, 1.54) is 0 Å². The zero-order valence-electron chi connectivity index (χ0n) is 8.91. The molecular weight excluding hydrogens is 198 g/mol. The van der Waals surface area contributed by atoms with Crippen LogP contribution in [0.5, 0.6) is 0 Å². The average molecular weight is 215 g/mol. The summed E-state index contributed by atoms with van der Waals surface area (Å²) in [6, 6.07) is 0.377. The highest BCUT2D eigenvalue weighted by molar-refractivity contribution is 7.98. The zero-order valence-corrected chi connectivity index (χ0v) is 9.73. The van der Waals surface area contributed by atoms with Crippen LogP contribution in [0.4, 0.5) is 0 Å². The number of likely N-dealkylation sites (N-methyl/N-ethyl adjacent to an activating group) is 1. The number of nitrogens with zero attached hydrogens (tertiary/aromatic N) is 2. The second-order valence-electron chi connectivity index (χ2n) is 3.14. The quantitative estimate of drug-likeness (QED) is 0.779. The average Bonchev–Trinajstić information content (AvgIpc) is 2.62. The van der Waals surface area contributed by atoms with E-state index in [0.29, 0.717) is 6.04 Å². The molecule has 1 N–H and O–H groups in total. The highest BCUT2D eigenvalue weighted by Gasteiger charge is 2.08. The number of nitrogens with one attached hydrogen (secondary N) is 1. The van der Waals surface area contributed by atoms with E-state index in [4.69, 9.17) is 4.52 Å². The standard InChI is InChI=1S/C9H17N3OS/c1-4-14-6-8-11-9(13-12-8)5-7(2)10-3/h7,10H,4-6H2,1-3H3. The van der Waals surface area contributed by atoms with Gasteiger partial charge in [0.2, 0.25) is 5.89 Å². The van der Waals surface area contributed by atoms with Gasteiger partial charge < -0.3 is 9.84 Å². The number of rotatable bonds is 6. The fraction of sp³-hybridized carbons (Fsp3) is 0.778. The number of thioether (sulfide) groups is 1. The van der Waals surface area contributed by atoms with E-state index in [9.17, 15) is 0 Å². The summed E-state index contributed by atoms with van der Waals surface area (Å²) in [5.74, 6) is 3.44. The molecule has 0 fully saturated rings. The van der Waals surface area contributed by atoms with Crippen LogP contribution < -0.4 is 5.32 Å². The molecule has 0 radical (unpaired) electrons. The molecule has 4 nitrogen and oxygen atoms in total. The normalized spacial score (nSPS) is 13.1. The molecule has 1 aromatic heterocycles. The van der Waals surface area contributed by atoms with Gasteiger partial charge in [-0.05, 0) is 19.7 Å².